The zero-order valence-electron chi connectivity index (χ0n) is 15.5. The highest BCUT2D eigenvalue weighted by molar-refractivity contribution is 5.85. The smallest absolute Gasteiger partial charge is 0.404 e. The van der Waals surface area contributed by atoms with Gasteiger partial charge >= 0.3 is 6.09 Å². The quantitative estimate of drug-likeness (QED) is 0.750. The second kappa shape index (κ2) is 8.24. The molecule has 3 N–H and O–H groups in total. The SMILES string of the molecule is Cc1cc(=O)[nH]c2ccc(CC(=O)N3CCC(CCNC(=O)O)CC3)cc12. The molecule has 0 spiro atoms. The lowest BCUT2D eigenvalue weighted by Gasteiger charge is -2.32. The number of hydrogen-bond acceptors (Lipinski definition) is 3. The number of fused-ring (bicyclic) bond motifs is 1. The van der Waals surface area contributed by atoms with Crippen molar-refractivity contribution in [1.29, 1.82) is 0 Å². The van der Waals surface area contributed by atoms with Gasteiger partial charge in [0.1, 0.15) is 0 Å². The third-order valence-electron chi connectivity index (χ3n) is 5.27. The van der Waals surface area contributed by atoms with Crippen LogP contribution in [0.1, 0.15) is 30.4 Å². The monoisotopic (exact) mass is 371 g/mol. The second-order valence-corrected chi connectivity index (χ2v) is 7.22. The first-order chi connectivity index (χ1) is 12.9. The van der Waals surface area contributed by atoms with Gasteiger partial charge in [0.15, 0.2) is 0 Å². The number of piperidine rings is 1. The van der Waals surface area contributed by atoms with Gasteiger partial charge in [-0.3, -0.25) is 9.59 Å². The summed E-state index contributed by atoms with van der Waals surface area (Å²) < 4.78 is 0. The molecule has 2 amide bonds. The summed E-state index contributed by atoms with van der Waals surface area (Å²) in [6, 6.07) is 7.29. The highest BCUT2D eigenvalue weighted by Crippen LogP contribution is 2.22. The van der Waals surface area contributed by atoms with Crippen LogP contribution in [0.15, 0.2) is 29.1 Å². The molecule has 2 aromatic rings. The minimum absolute atomic E-state index is 0.110. The van der Waals surface area contributed by atoms with Crippen LogP contribution in [0.25, 0.3) is 10.9 Å². The molecule has 0 atom stereocenters. The van der Waals surface area contributed by atoms with E-state index in [1.807, 2.05) is 30.0 Å². The summed E-state index contributed by atoms with van der Waals surface area (Å²) in [6.45, 7) is 3.80. The molecule has 2 heterocycles. The fourth-order valence-corrected chi connectivity index (χ4v) is 3.72. The van der Waals surface area contributed by atoms with Crippen molar-refractivity contribution in [3.8, 4) is 0 Å². The van der Waals surface area contributed by atoms with Crippen molar-refractivity contribution in [2.75, 3.05) is 19.6 Å². The van der Waals surface area contributed by atoms with Crippen molar-refractivity contribution in [2.24, 2.45) is 5.92 Å². The number of hydrogen-bond donors (Lipinski definition) is 3. The molecule has 1 aromatic carbocycles. The second-order valence-electron chi connectivity index (χ2n) is 7.22. The Labute approximate surface area is 157 Å². The maximum Gasteiger partial charge on any atom is 0.404 e. The molecule has 0 bridgehead atoms. The molecule has 1 aliphatic heterocycles. The summed E-state index contributed by atoms with van der Waals surface area (Å²) in [6.07, 6.45) is 1.99. The van der Waals surface area contributed by atoms with Crippen molar-refractivity contribution in [2.45, 2.75) is 32.6 Å². The highest BCUT2D eigenvalue weighted by Gasteiger charge is 2.22. The van der Waals surface area contributed by atoms with Crippen LogP contribution >= 0.6 is 0 Å². The van der Waals surface area contributed by atoms with Gasteiger partial charge in [0, 0.05) is 36.6 Å². The van der Waals surface area contributed by atoms with Gasteiger partial charge in [-0.1, -0.05) is 6.07 Å². The number of aromatic amines is 1. The predicted molar refractivity (Wildman–Crippen MR) is 103 cm³/mol. The van der Waals surface area contributed by atoms with E-state index in [1.165, 1.54) is 0 Å². The van der Waals surface area contributed by atoms with E-state index in [9.17, 15) is 14.4 Å². The number of amides is 2. The molecule has 1 saturated heterocycles. The maximum absolute atomic E-state index is 12.6. The van der Waals surface area contributed by atoms with E-state index in [2.05, 4.69) is 10.3 Å². The van der Waals surface area contributed by atoms with E-state index in [4.69, 9.17) is 5.11 Å². The zero-order valence-corrected chi connectivity index (χ0v) is 15.5. The standard InChI is InChI=1S/C20H25N3O4/c1-13-10-18(24)22-17-3-2-15(11-16(13)17)12-19(25)23-8-5-14(6-9-23)4-7-21-20(26)27/h2-3,10-11,14,21H,4-9,12H2,1H3,(H,22,24)(H,26,27). The van der Waals surface area contributed by atoms with E-state index in [1.54, 1.807) is 6.07 Å². The number of pyridine rings is 1. The summed E-state index contributed by atoms with van der Waals surface area (Å²) in [7, 11) is 0. The molecule has 3 rings (SSSR count). The molecular weight excluding hydrogens is 346 g/mol. The predicted octanol–water partition coefficient (Wildman–Crippen LogP) is 2.28. The van der Waals surface area contributed by atoms with Gasteiger partial charge in [-0.25, -0.2) is 4.79 Å². The van der Waals surface area contributed by atoms with E-state index in [0.717, 1.165) is 54.4 Å². The first kappa shape index (κ1) is 18.9. The number of carbonyl (C=O) groups is 2. The summed E-state index contributed by atoms with van der Waals surface area (Å²) in [5.74, 6) is 0.569. The van der Waals surface area contributed by atoms with Crippen LogP contribution in [0.4, 0.5) is 4.79 Å². The lowest BCUT2D eigenvalue weighted by atomic mass is 9.93. The number of carboxylic acid groups (broad SMARTS) is 1. The lowest BCUT2D eigenvalue weighted by molar-refractivity contribution is -0.131. The van der Waals surface area contributed by atoms with Crippen LogP contribution in [-0.4, -0.2) is 46.6 Å². The molecule has 1 aromatic heterocycles. The number of benzene rings is 1. The van der Waals surface area contributed by atoms with Gasteiger partial charge in [0.2, 0.25) is 11.5 Å². The Morgan fingerprint density at radius 1 is 1.26 bits per heavy atom. The van der Waals surface area contributed by atoms with Crippen LogP contribution in [0.2, 0.25) is 0 Å². The normalized spacial score (nSPS) is 15.1. The maximum atomic E-state index is 12.6. The molecule has 144 valence electrons. The number of aromatic nitrogens is 1. The number of H-pyrrole nitrogens is 1. The van der Waals surface area contributed by atoms with Crippen LogP contribution in [0.5, 0.6) is 0 Å². The third kappa shape index (κ3) is 4.87. The van der Waals surface area contributed by atoms with Gasteiger partial charge in [0.05, 0.1) is 6.42 Å². The molecule has 27 heavy (non-hydrogen) atoms. The fourth-order valence-electron chi connectivity index (χ4n) is 3.72. The van der Waals surface area contributed by atoms with Gasteiger partial charge in [-0.2, -0.15) is 0 Å². The van der Waals surface area contributed by atoms with Crippen LogP contribution in [0, 0.1) is 12.8 Å². The van der Waals surface area contributed by atoms with Crippen molar-refractivity contribution in [3.05, 3.63) is 45.7 Å². The molecule has 1 fully saturated rings. The molecule has 7 heteroatoms. The molecule has 0 radical (unpaired) electrons. The summed E-state index contributed by atoms with van der Waals surface area (Å²) in [4.78, 5) is 39.4. The first-order valence-electron chi connectivity index (χ1n) is 9.29. The topological polar surface area (TPSA) is 103 Å². The minimum atomic E-state index is -0.989. The zero-order chi connectivity index (χ0) is 19.4. The Hall–Kier alpha value is -2.83. The van der Waals surface area contributed by atoms with E-state index in [-0.39, 0.29) is 11.5 Å². The molecule has 1 aliphatic rings. The van der Waals surface area contributed by atoms with E-state index < -0.39 is 6.09 Å². The Morgan fingerprint density at radius 3 is 2.70 bits per heavy atom. The largest absolute Gasteiger partial charge is 0.465 e. The van der Waals surface area contributed by atoms with Gasteiger partial charge < -0.3 is 20.3 Å². The number of carbonyl (C=O) groups excluding carboxylic acids is 1. The Kier molecular flexibility index (Phi) is 5.78. The van der Waals surface area contributed by atoms with Crippen molar-refractivity contribution in [3.63, 3.8) is 0 Å². The van der Waals surface area contributed by atoms with E-state index in [0.29, 0.717) is 18.9 Å². The third-order valence-corrected chi connectivity index (χ3v) is 5.27. The lowest BCUT2D eigenvalue weighted by Crippen LogP contribution is -2.40. The number of nitrogens with zero attached hydrogens (tertiary/aromatic N) is 1. The van der Waals surface area contributed by atoms with Crippen LogP contribution in [-0.2, 0) is 11.2 Å². The van der Waals surface area contributed by atoms with Crippen molar-refractivity contribution in [1.82, 2.24) is 15.2 Å². The van der Waals surface area contributed by atoms with Crippen molar-refractivity contribution >= 4 is 22.9 Å². The Balaban J connectivity index is 1.56. The fraction of sp³-hybridized carbons (Fsp3) is 0.450. The molecule has 0 unspecified atom stereocenters. The molecule has 7 nitrogen and oxygen atoms in total. The average Bonchev–Trinajstić information content (AvgIpc) is 2.62. The van der Waals surface area contributed by atoms with Gasteiger partial charge in [-0.15, -0.1) is 0 Å². The first-order valence-corrected chi connectivity index (χ1v) is 9.29. The average molecular weight is 371 g/mol. The summed E-state index contributed by atoms with van der Waals surface area (Å²) >= 11 is 0. The number of rotatable bonds is 5. The van der Waals surface area contributed by atoms with E-state index >= 15 is 0 Å². The molecule has 0 aliphatic carbocycles. The molecule has 0 saturated carbocycles. The number of likely N-dealkylation sites (tertiary alicyclic amines) is 1. The van der Waals surface area contributed by atoms with Crippen LogP contribution in [0.3, 0.4) is 0 Å². The van der Waals surface area contributed by atoms with Gasteiger partial charge in [-0.05, 0) is 55.4 Å². The summed E-state index contributed by atoms with van der Waals surface area (Å²) in [5, 5.41) is 12.0. The Morgan fingerprint density at radius 2 is 2.00 bits per heavy atom. The Bertz CT molecular complexity index is 898. The van der Waals surface area contributed by atoms with Crippen LogP contribution < -0.4 is 10.9 Å². The number of nitrogens with one attached hydrogen (secondary N) is 2. The number of aryl methyl sites for hydroxylation is 1. The highest BCUT2D eigenvalue weighted by atomic mass is 16.4. The van der Waals surface area contributed by atoms with Crippen molar-refractivity contribution < 1.29 is 14.7 Å². The summed E-state index contributed by atoms with van der Waals surface area (Å²) in [5.41, 5.74) is 2.51. The minimum Gasteiger partial charge on any atom is -0.465 e. The molecular formula is C20H25N3O4. The van der Waals surface area contributed by atoms with Gasteiger partial charge in [0.25, 0.3) is 0 Å².